The fraction of sp³-hybridized carbons (Fsp3) is 0.706. The summed E-state index contributed by atoms with van der Waals surface area (Å²) in [5.41, 5.74) is 0. The maximum absolute atomic E-state index is 11.8. The quantitative estimate of drug-likeness (QED) is 0.306. The number of guanidine groups is 1. The molecule has 0 saturated carbocycles. The number of amides is 1. The van der Waals surface area contributed by atoms with Gasteiger partial charge >= 0.3 is 0 Å². The van der Waals surface area contributed by atoms with E-state index in [0.29, 0.717) is 12.5 Å². The Morgan fingerprint density at radius 3 is 2.74 bits per heavy atom. The first-order valence-electron chi connectivity index (χ1n) is 9.04. The van der Waals surface area contributed by atoms with Crippen molar-refractivity contribution in [3.8, 4) is 0 Å². The Hall–Kier alpha value is -0.980. The van der Waals surface area contributed by atoms with Crippen LogP contribution < -0.4 is 10.6 Å². The molecular formula is C17H31IN6O2S. The maximum atomic E-state index is 11.8. The summed E-state index contributed by atoms with van der Waals surface area (Å²) in [6.07, 6.45) is 2.91. The number of carbonyl (C=O) groups excluding carboxylic acids is 1. The molecule has 0 unspecified atom stereocenters. The van der Waals surface area contributed by atoms with E-state index in [1.807, 2.05) is 6.20 Å². The van der Waals surface area contributed by atoms with E-state index in [9.17, 15) is 4.79 Å². The number of halogens is 1. The number of likely N-dealkylation sites (N-methyl/N-ethyl adjacent to an activating group) is 1. The molecule has 0 radical (unpaired) electrons. The Morgan fingerprint density at radius 2 is 2.11 bits per heavy atom. The van der Waals surface area contributed by atoms with Crippen molar-refractivity contribution in [2.45, 2.75) is 19.9 Å². The van der Waals surface area contributed by atoms with Crippen LogP contribution >= 0.6 is 35.3 Å². The standard InChI is InChI=1S/C17H30N6O2S.HI/c1-4-14-11-19-15(26-14)12-20-17(21-13-16(24)22(2)3)18-5-6-23-7-9-25-10-8-23;/h11H,4-10,12-13H2,1-3H3,(H2,18,20,21);1H. The molecule has 1 saturated heterocycles. The number of aromatic nitrogens is 1. The van der Waals surface area contributed by atoms with Crippen LogP contribution in [0.25, 0.3) is 0 Å². The predicted octanol–water partition coefficient (Wildman–Crippen LogP) is 0.779. The highest BCUT2D eigenvalue weighted by atomic mass is 127. The molecule has 0 bridgehead atoms. The second kappa shape index (κ2) is 13.2. The molecule has 154 valence electrons. The lowest BCUT2D eigenvalue weighted by atomic mass is 10.4. The summed E-state index contributed by atoms with van der Waals surface area (Å²) in [6, 6.07) is 0. The molecule has 27 heavy (non-hydrogen) atoms. The number of nitrogens with one attached hydrogen (secondary N) is 2. The van der Waals surface area contributed by atoms with Crippen molar-refractivity contribution in [3.05, 3.63) is 16.1 Å². The summed E-state index contributed by atoms with van der Waals surface area (Å²) in [7, 11) is 3.47. The topological polar surface area (TPSA) is 82.1 Å². The van der Waals surface area contributed by atoms with Gasteiger partial charge in [0.25, 0.3) is 0 Å². The first-order valence-corrected chi connectivity index (χ1v) is 9.86. The number of morpholine rings is 1. The van der Waals surface area contributed by atoms with E-state index < -0.39 is 0 Å². The van der Waals surface area contributed by atoms with Crippen LogP contribution in [0, 0.1) is 0 Å². The Kier molecular flexibility index (Phi) is 11.8. The molecule has 1 aromatic rings. The Labute approximate surface area is 182 Å². The van der Waals surface area contributed by atoms with Gasteiger partial charge < -0.3 is 20.3 Å². The van der Waals surface area contributed by atoms with Crippen LogP contribution in [-0.4, -0.2) is 86.7 Å². The zero-order valence-corrected chi connectivity index (χ0v) is 19.5. The number of hydrogen-bond donors (Lipinski definition) is 2. The number of rotatable bonds is 8. The molecule has 1 aliphatic rings. The summed E-state index contributed by atoms with van der Waals surface area (Å²) in [6.45, 7) is 8.03. The van der Waals surface area contributed by atoms with Crippen LogP contribution in [-0.2, 0) is 22.5 Å². The van der Waals surface area contributed by atoms with E-state index in [1.54, 1.807) is 30.3 Å². The number of hydrogen-bond acceptors (Lipinski definition) is 6. The Bertz CT molecular complexity index is 590. The van der Waals surface area contributed by atoms with Gasteiger partial charge in [-0.15, -0.1) is 35.3 Å². The Balaban J connectivity index is 0.00000364. The molecule has 2 rings (SSSR count). The smallest absolute Gasteiger partial charge is 0.243 e. The van der Waals surface area contributed by atoms with Gasteiger partial charge in [-0.25, -0.2) is 9.98 Å². The minimum Gasteiger partial charge on any atom is -0.379 e. The zero-order valence-electron chi connectivity index (χ0n) is 16.4. The van der Waals surface area contributed by atoms with Crippen molar-refractivity contribution in [1.82, 2.24) is 25.4 Å². The summed E-state index contributed by atoms with van der Waals surface area (Å²) in [5.74, 6) is 0.614. The molecular weight excluding hydrogens is 479 g/mol. The molecule has 0 spiro atoms. The summed E-state index contributed by atoms with van der Waals surface area (Å²) in [5, 5.41) is 7.61. The van der Waals surface area contributed by atoms with Gasteiger partial charge in [0, 0.05) is 51.3 Å². The maximum Gasteiger partial charge on any atom is 0.243 e. The molecule has 2 N–H and O–H groups in total. The number of carbonyl (C=O) groups is 1. The third-order valence-electron chi connectivity index (χ3n) is 4.05. The van der Waals surface area contributed by atoms with Gasteiger partial charge in [0.2, 0.25) is 5.91 Å². The molecule has 0 aliphatic carbocycles. The van der Waals surface area contributed by atoms with Crippen LogP contribution in [0.5, 0.6) is 0 Å². The summed E-state index contributed by atoms with van der Waals surface area (Å²) in [4.78, 5) is 25.8. The number of ether oxygens (including phenoxy) is 1. The fourth-order valence-electron chi connectivity index (χ4n) is 2.37. The minimum absolute atomic E-state index is 0. The monoisotopic (exact) mass is 510 g/mol. The number of aryl methyl sites for hydroxylation is 1. The minimum atomic E-state index is -0.0261. The van der Waals surface area contributed by atoms with Gasteiger partial charge in [-0.2, -0.15) is 0 Å². The Morgan fingerprint density at radius 1 is 1.37 bits per heavy atom. The third kappa shape index (κ3) is 9.17. The molecule has 1 amide bonds. The second-order valence-corrected chi connectivity index (χ2v) is 7.46. The molecule has 1 aromatic heterocycles. The highest BCUT2D eigenvalue weighted by molar-refractivity contribution is 14.0. The van der Waals surface area contributed by atoms with Gasteiger partial charge in [0.05, 0.1) is 19.8 Å². The van der Waals surface area contributed by atoms with Gasteiger partial charge in [0.1, 0.15) is 11.6 Å². The fourth-order valence-corrected chi connectivity index (χ4v) is 3.17. The average molecular weight is 510 g/mol. The van der Waals surface area contributed by atoms with Gasteiger partial charge in [-0.3, -0.25) is 9.69 Å². The van der Waals surface area contributed by atoms with E-state index >= 15 is 0 Å². The van der Waals surface area contributed by atoms with Crippen LogP contribution in [0.15, 0.2) is 11.2 Å². The van der Waals surface area contributed by atoms with Crippen molar-refractivity contribution in [2.24, 2.45) is 4.99 Å². The first kappa shape index (κ1) is 24.1. The van der Waals surface area contributed by atoms with Crippen molar-refractivity contribution in [1.29, 1.82) is 0 Å². The van der Waals surface area contributed by atoms with Crippen LogP contribution in [0.1, 0.15) is 16.8 Å². The highest BCUT2D eigenvalue weighted by Crippen LogP contribution is 2.12. The van der Waals surface area contributed by atoms with Crippen molar-refractivity contribution in [3.63, 3.8) is 0 Å². The van der Waals surface area contributed by atoms with E-state index in [4.69, 9.17) is 4.74 Å². The molecule has 0 atom stereocenters. The van der Waals surface area contributed by atoms with Crippen molar-refractivity contribution < 1.29 is 9.53 Å². The van der Waals surface area contributed by atoms with E-state index in [1.165, 1.54) is 4.88 Å². The third-order valence-corrected chi connectivity index (χ3v) is 5.19. The predicted molar refractivity (Wildman–Crippen MR) is 120 cm³/mol. The lowest BCUT2D eigenvalue weighted by Crippen LogP contribution is -2.44. The van der Waals surface area contributed by atoms with E-state index in [-0.39, 0.29) is 36.4 Å². The van der Waals surface area contributed by atoms with Crippen molar-refractivity contribution in [2.75, 3.05) is 60.0 Å². The summed E-state index contributed by atoms with van der Waals surface area (Å²) < 4.78 is 5.37. The molecule has 10 heteroatoms. The normalized spacial score (nSPS) is 15.1. The number of thiazole rings is 1. The SMILES string of the molecule is CCc1cnc(CNC(=NCC(=O)N(C)C)NCCN2CCOCC2)s1.I. The lowest BCUT2D eigenvalue weighted by molar-refractivity contribution is -0.127. The number of nitrogens with zero attached hydrogens (tertiary/aromatic N) is 4. The van der Waals surface area contributed by atoms with Gasteiger partial charge in [-0.1, -0.05) is 6.92 Å². The molecule has 8 nitrogen and oxygen atoms in total. The van der Waals surface area contributed by atoms with Crippen LogP contribution in [0.2, 0.25) is 0 Å². The van der Waals surface area contributed by atoms with Crippen LogP contribution in [0.4, 0.5) is 0 Å². The number of aliphatic imine (C=N–C) groups is 1. The highest BCUT2D eigenvalue weighted by Gasteiger charge is 2.10. The van der Waals surface area contributed by atoms with Gasteiger partial charge in [0.15, 0.2) is 5.96 Å². The lowest BCUT2D eigenvalue weighted by Gasteiger charge is -2.26. The molecule has 2 heterocycles. The molecule has 1 fully saturated rings. The second-order valence-electron chi connectivity index (χ2n) is 6.26. The first-order chi connectivity index (χ1) is 12.6. The van der Waals surface area contributed by atoms with Crippen LogP contribution in [0.3, 0.4) is 0 Å². The van der Waals surface area contributed by atoms with E-state index in [2.05, 4.69) is 32.4 Å². The van der Waals surface area contributed by atoms with E-state index in [0.717, 1.165) is 50.8 Å². The zero-order chi connectivity index (χ0) is 18.8. The van der Waals surface area contributed by atoms with Crippen molar-refractivity contribution >= 4 is 47.2 Å². The largest absolute Gasteiger partial charge is 0.379 e. The average Bonchev–Trinajstić information content (AvgIpc) is 3.12. The molecule has 0 aromatic carbocycles. The van der Waals surface area contributed by atoms with Gasteiger partial charge in [-0.05, 0) is 6.42 Å². The molecule has 1 aliphatic heterocycles. The summed E-state index contributed by atoms with van der Waals surface area (Å²) >= 11 is 1.70.